The first-order valence-corrected chi connectivity index (χ1v) is 11.3. The summed E-state index contributed by atoms with van der Waals surface area (Å²) in [5, 5.41) is 11.7. The largest absolute Gasteiger partial charge is 0.326 e. The summed E-state index contributed by atoms with van der Waals surface area (Å²) in [6.45, 7) is 3.13. The molecule has 2 aromatic heterocycles. The van der Waals surface area contributed by atoms with Gasteiger partial charge in [0.1, 0.15) is 0 Å². The van der Waals surface area contributed by atoms with Crippen LogP contribution in [0.4, 0.5) is 15.5 Å². The number of aryl methyl sites for hydroxylation is 1. The molecular formula is C21H22N4O2S2. The Kier molecular flexibility index (Phi) is 5.92. The van der Waals surface area contributed by atoms with E-state index in [1.165, 1.54) is 11.3 Å². The molecule has 0 atom stereocenters. The summed E-state index contributed by atoms with van der Waals surface area (Å²) < 4.78 is 0. The number of anilines is 2. The first-order chi connectivity index (χ1) is 14.1. The monoisotopic (exact) mass is 426 g/mol. The van der Waals surface area contributed by atoms with Crippen LogP contribution in [0.5, 0.6) is 0 Å². The van der Waals surface area contributed by atoms with Gasteiger partial charge in [-0.25, -0.2) is 9.78 Å². The third-order valence-corrected chi connectivity index (χ3v) is 6.51. The van der Waals surface area contributed by atoms with Crippen molar-refractivity contribution in [3.05, 3.63) is 52.2 Å². The minimum absolute atomic E-state index is 0.00919. The summed E-state index contributed by atoms with van der Waals surface area (Å²) in [6, 6.07) is 11.5. The Labute approximate surface area is 177 Å². The fourth-order valence-corrected chi connectivity index (χ4v) is 4.60. The standard InChI is InChI=1S/C21H22N4O2S2/c1-14-22-18(13-29-14)16-4-2-5-17(12-16)23-20(26)15-7-9-25(10-8-15)21(27)24-19-6-3-11-28-19/h2-6,11-13,15H,7-10H2,1H3,(H,23,26)(H,24,27). The topological polar surface area (TPSA) is 74.3 Å². The second-order valence-corrected chi connectivity index (χ2v) is 9.00. The van der Waals surface area contributed by atoms with E-state index in [0.29, 0.717) is 25.9 Å². The van der Waals surface area contributed by atoms with Crippen LogP contribution >= 0.6 is 22.7 Å². The number of carbonyl (C=O) groups is 2. The highest BCUT2D eigenvalue weighted by Gasteiger charge is 2.27. The highest BCUT2D eigenvalue weighted by atomic mass is 32.1. The van der Waals surface area contributed by atoms with Crippen molar-refractivity contribution in [1.29, 1.82) is 0 Å². The molecule has 8 heteroatoms. The van der Waals surface area contributed by atoms with Crippen molar-refractivity contribution < 1.29 is 9.59 Å². The zero-order valence-corrected chi connectivity index (χ0v) is 17.7. The lowest BCUT2D eigenvalue weighted by molar-refractivity contribution is -0.121. The molecule has 0 spiro atoms. The highest BCUT2D eigenvalue weighted by Crippen LogP contribution is 2.26. The zero-order valence-electron chi connectivity index (χ0n) is 16.1. The molecule has 6 nitrogen and oxygen atoms in total. The number of thiophene rings is 1. The molecule has 4 rings (SSSR count). The average molecular weight is 427 g/mol. The molecule has 0 radical (unpaired) electrons. The smallest absolute Gasteiger partial charge is 0.322 e. The van der Waals surface area contributed by atoms with Crippen molar-refractivity contribution in [3.63, 3.8) is 0 Å². The summed E-state index contributed by atoms with van der Waals surface area (Å²) in [6.07, 6.45) is 1.32. The molecule has 0 bridgehead atoms. The van der Waals surface area contributed by atoms with E-state index in [0.717, 1.165) is 27.0 Å². The van der Waals surface area contributed by atoms with Crippen molar-refractivity contribution >= 4 is 45.3 Å². The van der Waals surface area contributed by atoms with Gasteiger partial charge in [-0.1, -0.05) is 12.1 Å². The Morgan fingerprint density at radius 1 is 1.10 bits per heavy atom. The minimum atomic E-state index is -0.0995. The number of benzene rings is 1. The quantitative estimate of drug-likeness (QED) is 0.612. The molecule has 1 aliphatic heterocycles. The molecule has 3 amide bonds. The molecule has 0 saturated carbocycles. The summed E-state index contributed by atoms with van der Waals surface area (Å²) >= 11 is 3.11. The van der Waals surface area contributed by atoms with Crippen molar-refractivity contribution in [2.75, 3.05) is 23.7 Å². The van der Waals surface area contributed by atoms with Gasteiger partial charge in [0.05, 0.1) is 15.7 Å². The van der Waals surface area contributed by atoms with Gasteiger partial charge in [0, 0.05) is 35.6 Å². The summed E-state index contributed by atoms with van der Waals surface area (Å²) in [5.74, 6) is -0.0825. The third-order valence-electron chi connectivity index (χ3n) is 4.95. The first-order valence-electron chi connectivity index (χ1n) is 9.51. The average Bonchev–Trinajstić information content (AvgIpc) is 3.40. The molecule has 3 aromatic rings. The van der Waals surface area contributed by atoms with Crippen LogP contribution in [-0.2, 0) is 4.79 Å². The van der Waals surface area contributed by atoms with E-state index in [-0.39, 0.29) is 17.9 Å². The van der Waals surface area contributed by atoms with Crippen LogP contribution in [0.1, 0.15) is 17.8 Å². The van der Waals surface area contributed by atoms with E-state index in [4.69, 9.17) is 0 Å². The van der Waals surface area contributed by atoms with E-state index in [2.05, 4.69) is 15.6 Å². The van der Waals surface area contributed by atoms with Gasteiger partial charge in [-0.3, -0.25) is 10.1 Å². The van der Waals surface area contributed by atoms with Crippen LogP contribution < -0.4 is 10.6 Å². The number of rotatable bonds is 4. The summed E-state index contributed by atoms with van der Waals surface area (Å²) in [5.41, 5.74) is 2.69. The van der Waals surface area contributed by atoms with Gasteiger partial charge >= 0.3 is 6.03 Å². The van der Waals surface area contributed by atoms with Crippen molar-refractivity contribution in [2.45, 2.75) is 19.8 Å². The van der Waals surface area contributed by atoms with E-state index in [9.17, 15) is 9.59 Å². The van der Waals surface area contributed by atoms with E-state index < -0.39 is 0 Å². The normalized spacial score (nSPS) is 14.6. The van der Waals surface area contributed by atoms with E-state index in [1.54, 1.807) is 16.2 Å². The Balaban J connectivity index is 1.31. The molecule has 1 aliphatic rings. The number of piperidine rings is 1. The lowest BCUT2D eigenvalue weighted by atomic mass is 9.96. The number of amides is 3. The number of urea groups is 1. The highest BCUT2D eigenvalue weighted by molar-refractivity contribution is 7.14. The number of likely N-dealkylation sites (tertiary alicyclic amines) is 1. The third kappa shape index (κ3) is 4.83. The van der Waals surface area contributed by atoms with Crippen molar-refractivity contribution in [1.82, 2.24) is 9.88 Å². The maximum absolute atomic E-state index is 12.7. The van der Waals surface area contributed by atoms with Gasteiger partial charge < -0.3 is 10.2 Å². The predicted octanol–water partition coefficient (Wildman–Crippen LogP) is 5.06. The van der Waals surface area contributed by atoms with Crippen LogP contribution in [0.15, 0.2) is 47.2 Å². The molecule has 1 aromatic carbocycles. The molecule has 2 N–H and O–H groups in total. The molecule has 0 unspecified atom stereocenters. The summed E-state index contributed by atoms with van der Waals surface area (Å²) in [7, 11) is 0. The van der Waals surface area contributed by atoms with Gasteiger partial charge in [-0.05, 0) is 49.4 Å². The fraction of sp³-hybridized carbons (Fsp3) is 0.286. The Morgan fingerprint density at radius 3 is 2.62 bits per heavy atom. The maximum Gasteiger partial charge on any atom is 0.322 e. The number of hydrogen-bond donors (Lipinski definition) is 2. The number of nitrogens with zero attached hydrogens (tertiary/aromatic N) is 2. The SMILES string of the molecule is Cc1nc(-c2cccc(NC(=O)C3CCN(C(=O)Nc4cccs4)CC3)c2)cs1. The lowest BCUT2D eigenvalue weighted by Gasteiger charge is -2.31. The number of nitrogens with one attached hydrogen (secondary N) is 2. The van der Waals surface area contributed by atoms with Gasteiger partial charge in [0.15, 0.2) is 0 Å². The molecule has 0 aliphatic carbocycles. The van der Waals surface area contributed by atoms with Gasteiger partial charge in [0.2, 0.25) is 5.91 Å². The van der Waals surface area contributed by atoms with Crippen molar-refractivity contribution in [2.24, 2.45) is 5.92 Å². The van der Waals surface area contributed by atoms with Crippen molar-refractivity contribution in [3.8, 4) is 11.3 Å². The molecule has 1 saturated heterocycles. The van der Waals surface area contributed by atoms with E-state index >= 15 is 0 Å². The number of carbonyl (C=O) groups excluding carboxylic acids is 2. The minimum Gasteiger partial charge on any atom is -0.326 e. The Bertz CT molecular complexity index is 992. The fourth-order valence-electron chi connectivity index (χ4n) is 3.38. The molecule has 3 heterocycles. The second kappa shape index (κ2) is 8.75. The van der Waals surface area contributed by atoms with Crippen LogP contribution in [0.25, 0.3) is 11.3 Å². The molecule has 150 valence electrons. The lowest BCUT2D eigenvalue weighted by Crippen LogP contribution is -2.43. The van der Waals surface area contributed by atoms with E-state index in [1.807, 2.05) is 54.1 Å². The van der Waals surface area contributed by atoms with Crippen LogP contribution in [0.3, 0.4) is 0 Å². The Morgan fingerprint density at radius 2 is 1.93 bits per heavy atom. The van der Waals surface area contributed by atoms with Crippen LogP contribution in [0.2, 0.25) is 0 Å². The second-order valence-electron chi connectivity index (χ2n) is 6.99. The number of aromatic nitrogens is 1. The molecule has 1 fully saturated rings. The number of hydrogen-bond acceptors (Lipinski definition) is 5. The predicted molar refractivity (Wildman–Crippen MR) is 119 cm³/mol. The maximum atomic E-state index is 12.7. The van der Waals surface area contributed by atoms with Gasteiger partial charge in [0.25, 0.3) is 0 Å². The van der Waals surface area contributed by atoms with Crippen LogP contribution in [-0.4, -0.2) is 34.9 Å². The van der Waals surface area contributed by atoms with Gasteiger partial charge in [-0.2, -0.15) is 0 Å². The Hall–Kier alpha value is -2.71. The first kappa shape index (κ1) is 19.6. The van der Waals surface area contributed by atoms with Crippen LogP contribution in [0, 0.1) is 12.8 Å². The number of thiazole rings is 1. The molecular weight excluding hydrogens is 404 g/mol. The van der Waals surface area contributed by atoms with Gasteiger partial charge in [-0.15, -0.1) is 22.7 Å². The summed E-state index contributed by atoms with van der Waals surface area (Å²) in [4.78, 5) is 31.3. The molecule has 29 heavy (non-hydrogen) atoms. The zero-order chi connectivity index (χ0) is 20.2.